The maximum atomic E-state index is 5.40. The van der Waals surface area contributed by atoms with Gasteiger partial charge in [-0.3, -0.25) is 0 Å². The first-order valence-electron chi connectivity index (χ1n) is 6.18. The molecule has 0 bridgehead atoms. The molecule has 0 amide bonds. The van der Waals surface area contributed by atoms with Gasteiger partial charge < -0.3 is 4.74 Å². The summed E-state index contributed by atoms with van der Waals surface area (Å²) in [6, 6.07) is 10.9. The first kappa shape index (κ1) is 10.6. The van der Waals surface area contributed by atoms with E-state index in [9.17, 15) is 0 Å². The summed E-state index contributed by atoms with van der Waals surface area (Å²) in [4.78, 5) is 0. The smallest absolute Gasteiger partial charge is 0.119 e. The summed E-state index contributed by atoms with van der Waals surface area (Å²) in [6.07, 6.45) is 2.31. The molecule has 0 N–H and O–H groups in total. The molecule has 0 saturated carbocycles. The van der Waals surface area contributed by atoms with E-state index in [0.717, 1.165) is 12.2 Å². The molecular weight excluding hydrogens is 208 g/mol. The third-order valence-electron chi connectivity index (χ3n) is 3.69. The predicted octanol–water partition coefficient (Wildman–Crippen LogP) is 3.97. The molecule has 2 aromatic rings. The molecule has 0 radical (unpaired) electrons. The number of hydrogen-bond donors (Lipinski definition) is 0. The zero-order chi connectivity index (χ0) is 12.0. The van der Waals surface area contributed by atoms with Gasteiger partial charge in [0, 0.05) is 0 Å². The summed E-state index contributed by atoms with van der Waals surface area (Å²) in [5.41, 5.74) is 3.27. The van der Waals surface area contributed by atoms with Gasteiger partial charge in [0.15, 0.2) is 0 Å². The van der Waals surface area contributed by atoms with Gasteiger partial charge in [-0.05, 0) is 52.3 Å². The number of rotatable bonds is 1. The van der Waals surface area contributed by atoms with Gasteiger partial charge in [-0.25, -0.2) is 0 Å². The molecule has 0 aliphatic heterocycles. The van der Waals surface area contributed by atoms with Crippen LogP contribution in [0.3, 0.4) is 0 Å². The lowest BCUT2D eigenvalue weighted by Gasteiger charge is -2.31. The first-order valence-corrected chi connectivity index (χ1v) is 6.18. The van der Waals surface area contributed by atoms with Crippen molar-refractivity contribution >= 4 is 10.8 Å². The van der Waals surface area contributed by atoms with Crippen LogP contribution in [-0.2, 0) is 12.8 Å². The fraction of sp³-hybridized carbons (Fsp3) is 0.375. The third kappa shape index (κ3) is 1.70. The Bertz CT molecular complexity index is 581. The lowest BCUT2D eigenvalue weighted by molar-refractivity contribution is 0.354. The molecule has 1 nitrogen and oxygen atoms in total. The van der Waals surface area contributed by atoms with E-state index in [1.807, 2.05) is 0 Å². The second-order valence-corrected chi connectivity index (χ2v) is 5.82. The van der Waals surface area contributed by atoms with Crippen LogP contribution in [-0.4, -0.2) is 7.11 Å². The standard InChI is InChI=1S/C16H18O/c1-16(2)9-12-6-4-5-11-7-14(17-3)8-13(10-16)15(11)12/h4-8H,9-10H2,1-3H3. The molecule has 3 rings (SSSR count). The Morgan fingerprint density at radius 2 is 1.82 bits per heavy atom. The fourth-order valence-electron chi connectivity index (χ4n) is 3.07. The maximum Gasteiger partial charge on any atom is 0.119 e. The average molecular weight is 226 g/mol. The number of benzene rings is 2. The van der Waals surface area contributed by atoms with E-state index >= 15 is 0 Å². The van der Waals surface area contributed by atoms with Crippen molar-refractivity contribution in [2.45, 2.75) is 26.7 Å². The quantitative estimate of drug-likeness (QED) is 0.715. The molecule has 0 saturated heterocycles. The van der Waals surface area contributed by atoms with Gasteiger partial charge >= 0.3 is 0 Å². The van der Waals surface area contributed by atoms with Crippen molar-refractivity contribution in [1.29, 1.82) is 0 Å². The molecule has 0 spiro atoms. The molecule has 1 aliphatic rings. The van der Waals surface area contributed by atoms with Crippen LogP contribution in [0.5, 0.6) is 5.75 Å². The molecule has 0 fully saturated rings. The molecule has 0 aromatic heterocycles. The van der Waals surface area contributed by atoms with Crippen LogP contribution in [0.2, 0.25) is 0 Å². The van der Waals surface area contributed by atoms with Crippen LogP contribution in [0.1, 0.15) is 25.0 Å². The highest BCUT2D eigenvalue weighted by Crippen LogP contribution is 2.40. The lowest BCUT2D eigenvalue weighted by Crippen LogP contribution is -2.22. The summed E-state index contributed by atoms with van der Waals surface area (Å²) >= 11 is 0. The molecule has 2 aromatic carbocycles. The minimum absolute atomic E-state index is 0.355. The second-order valence-electron chi connectivity index (χ2n) is 5.82. The van der Waals surface area contributed by atoms with E-state index in [-0.39, 0.29) is 0 Å². The van der Waals surface area contributed by atoms with Gasteiger partial charge in [0.1, 0.15) is 5.75 Å². The summed E-state index contributed by atoms with van der Waals surface area (Å²) in [5, 5.41) is 2.76. The number of hydrogen-bond acceptors (Lipinski definition) is 1. The van der Waals surface area contributed by atoms with Crippen LogP contribution in [0, 0.1) is 5.41 Å². The molecule has 17 heavy (non-hydrogen) atoms. The van der Waals surface area contributed by atoms with Crippen molar-refractivity contribution in [3.8, 4) is 5.75 Å². The van der Waals surface area contributed by atoms with E-state index in [1.165, 1.54) is 28.3 Å². The Labute approximate surface area is 102 Å². The van der Waals surface area contributed by atoms with Crippen LogP contribution < -0.4 is 4.74 Å². The first-order chi connectivity index (χ1) is 8.09. The highest BCUT2D eigenvalue weighted by molar-refractivity contribution is 5.91. The summed E-state index contributed by atoms with van der Waals surface area (Å²) < 4.78 is 5.40. The van der Waals surface area contributed by atoms with Crippen molar-refractivity contribution < 1.29 is 4.74 Å². The molecule has 0 heterocycles. The monoisotopic (exact) mass is 226 g/mol. The fourth-order valence-corrected chi connectivity index (χ4v) is 3.07. The Hall–Kier alpha value is -1.50. The Balaban J connectivity index is 2.32. The van der Waals surface area contributed by atoms with Gasteiger partial charge in [0.25, 0.3) is 0 Å². The van der Waals surface area contributed by atoms with Crippen molar-refractivity contribution in [1.82, 2.24) is 0 Å². The van der Waals surface area contributed by atoms with Crippen molar-refractivity contribution in [3.05, 3.63) is 41.5 Å². The van der Waals surface area contributed by atoms with E-state index < -0.39 is 0 Å². The third-order valence-corrected chi connectivity index (χ3v) is 3.69. The predicted molar refractivity (Wildman–Crippen MR) is 71.7 cm³/mol. The van der Waals surface area contributed by atoms with E-state index in [1.54, 1.807) is 7.11 Å². The highest BCUT2D eigenvalue weighted by Gasteiger charge is 2.27. The summed E-state index contributed by atoms with van der Waals surface area (Å²) in [7, 11) is 1.74. The van der Waals surface area contributed by atoms with E-state index in [2.05, 4.69) is 44.2 Å². The van der Waals surface area contributed by atoms with Gasteiger partial charge in [0.2, 0.25) is 0 Å². The molecule has 0 atom stereocenters. The van der Waals surface area contributed by atoms with E-state index in [4.69, 9.17) is 4.74 Å². The zero-order valence-corrected chi connectivity index (χ0v) is 10.7. The van der Waals surface area contributed by atoms with Crippen molar-refractivity contribution in [3.63, 3.8) is 0 Å². The number of ether oxygens (including phenoxy) is 1. The van der Waals surface area contributed by atoms with Crippen LogP contribution >= 0.6 is 0 Å². The number of methoxy groups -OCH3 is 1. The summed E-state index contributed by atoms with van der Waals surface area (Å²) in [6.45, 7) is 4.68. The SMILES string of the molecule is COc1cc2c3c(cccc3c1)CC(C)(C)C2. The van der Waals surface area contributed by atoms with Crippen LogP contribution in [0.25, 0.3) is 10.8 Å². The molecular formula is C16H18O. The van der Waals surface area contributed by atoms with Crippen molar-refractivity contribution in [2.24, 2.45) is 5.41 Å². The normalized spacial score (nSPS) is 17.1. The molecule has 1 heteroatoms. The van der Waals surface area contributed by atoms with Gasteiger partial charge in [0.05, 0.1) is 7.11 Å². The summed E-state index contributed by atoms with van der Waals surface area (Å²) in [5.74, 6) is 0.974. The Morgan fingerprint density at radius 1 is 1.06 bits per heavy atom. The Morgan fingerprint density at radius 3 is 2.59 bits per heavy atom. The molecule has 0 unspecified atom stereocenters. The van der Waals surface area contributed by atoms with Gasteiger partial charge in [-0.1, -0.05) is 32.0 Å². The lowest BCUT2D eigenvalue weighted by atomic mass is 9.73. The largest absolute Gasteiger partial charge is 0.497 e. The minimum Gasteiger partial charge on any atom is -0.497 e. The zero-order valence-electron chi connectivity index (χ0n) is 10.7. The highest BCUT2D eigenvalue weighted by atomic mass is 16.5. The molecule has 1 aliphatic carbocycles. The molecule has 88 valence electrons. The average Bonchev–Trinajstić information content (AvgIpc) is 2.26. The maximum absolute atomic E-state index is 5.40. The van der Waals surface area contributed by atoms with Gasteiger partial charge in [-0.2, -0.15) is 0 Å². The second kappa shape index (κ2) is 3.49. The van der Waals surface area contributed by atoms with E-state index in [0.29, 0.717) is 5.41 Å². The minimum atomic E-state index is 0.355. The van der Waals surface area contributed by atoms with Gasteiger partial charge in [-0.15, -0.1) is 0 Å². The Kier molecular flexibility index (Phi) is 2.19. The van der Waals surface area contributed by atoms with Crippen LogP contribution in [0.15, 0.2) is 30.3 Å². The van der Waals surface area contributed by atoms with Crippen LogP contribution in [0.4, 0.5) is 0 Å². The topological polar surface area (TPSA) is 9.23 Å². The van der Waals surface area contributed by atoms with Crippen molar-refractivity contribution in [2.75, 3.05) is 7.11 Å².